The van der Waals surface area contributed by atoms with Gasteiger partial charge in [-0.15, -0.1) is 11.8 Å². The van der Waals surface area contributed by atoms with Crippen molar-refractivity contribution in [1.29, 1.82) is 0 Å². The third kappa shape index (κ3) is 6.02. The zero-order chi connectivity index (χ0) is 31.1. The monoisotopic (exact) mass is 620 g/mol. The summed E-state index contributed by atoms with van der Waals surface area (Å²) in [5.41, 5.74) is -1.18. The van der Waals surface area contributed by atoms with E-state index in [1.165, 1.54) is 41.6 Å². The van der Waals surface area contributed by atoms with Crippen LogP contribution in [-0.2, 0) is 27.0 Å². The van der Waals surface area contributed by atoms with Gasteiger partial charge in [0.2, 0.25) is 5.91 Å². The smallest absolute Gasteiger partial charge is 0.382 e. The number of rotatable bonds is 7. The SMILES string of the molecule is C=CC(=O)N1C(C)CN(c2nc(=O)n3c4c(c(-c5ccc(F)cc5)c(C(F)(F)F)cc24)SCC(OCCOC)C3)CC1C. The molecule has 3 aromatic rings. The number of ether oxygens (including phenoxy) is 2. The predicted octanol–water partition coefficient (Wildman–Crippen LogP) is 4.97. The number of hydrogen-bond donors (Lipinski definition) is 0. The summed E-state index contributed by atoms with van der Waals surface area (Å²) >= 11 is 1.17. The van der Waals surface area contributed by atoms with Crippen LogP contribution in [0, 0.1) is 5.82 Å². The first-order valence-electron chi connectivity index (χ1n) is 13.8. The highest BCUT2D eigenvalue weighted by atomic mass is 32.2. The van der Waals surface area contributed by atoms with E-state index in [-0.39, 0.29) is 77.2 Å². The lowest BCUT2D eigenvalue weighted by atomic mass is 9.96. The third-order valence-corrected chi connectivity index (χ3v) is 8.95. The van der Waals surface area contributed by atoms with Gasteiger partial charge in [0.05, 0.1) is 36.9 Å². The number of nitrogens with zero attached hydrogens (tertiary/aromatic N) is 4. The molecule has 0 saturated carbocycles. The molecule has 8 nitrogen and oxygen atoms in total. The zero-order valence-corrected chi connectivity index (χ0v) is 24.8. The fourth-order valence-corrected chi connectivity index (χ4v) is 7.22. The second-order valence-electron chi connectivity index (χ2n) is 10.7. The molecule has 1 aromatic heterocycles. The molecule has 0 spiro atoms. The first-order valence-corrected chi connectivity index (χ1v) is 14.8. The molecule has 1 amide bonds. The van der Waals surface area contributed by atoms with E-state index in [1.54, 1.807) is 9.80 Å². The Labute approximate surface area is 250 Å². The molecule has 2 aliphatic rings. The Morgan fingerprint density at radius 1 is 1.14 bits per heavy atom. The molecule has 3 unspecified atom stereocenters. The van der Waals surface area contributed by atoms with E-state index in [4.69, 9.17) is 9.47 Å². The summed E-state index contributed by atoms with van der Waals surface area (Å²) in [5.74, 6) is -0.442. The Morgan fingerprint density at radius 3 is 2.42 bits per heavy atom. The molecule has 2 aliphatic heterocycles. The van der Waals surface area contributed by atoms with E-state index in [9.17, 15) is 27.2 Å². The fourth-order valence-electron chi connectivity index (χ4n) is 5.94. The van der Waals surface area contributed by atoms with Gasteiger partial charge in [0, 0.05) is 53.9 Å². The predicted molar refractivity (Wildman–Crippen MR) is 157 cm³/mol. The number of thioether (sulfide) groups is 1. The number of amides is 1. The Hall–Kier alpha value is -3.42. The van der Waals surface area contributed by atoms with Gasteiger partial charge in [-0.05, 0) is 43.7 Å². The molecule has 0 N–H and O–H groups in total. The van der Waals surface area contributed by atoms with E-state index in [0.717, 1.165) is 18.2 Å². The van der Waals surface area contributed by atoms with Crippen LogP contribution in [0.3, 0.4) is 0 Å². The number of carbonyl (C=O) groups is 1. The zero-order valence-electron chi connectivity index (χ0n) is 24.0. The summed E-state index contributed by atoms with van der Waals surface area (Å²) in [7, 11) is 1.53. The van der Waals surface area contributed by atoms with Crippen LogP contribution < -0.4 is 10.6 Å². The number of aromatic nitrogens is 2. The van der Waals surface area contributed by atoms with Crippen molar-refractivity contribution in [3.8, 4) is 11.1 Å². The minimum Gasteiger partial charge on any atom is -0.382 e. The summed E-state index contributed by atoms with van der Waals surface area (Å²) in [5, 5.41) is 0.167. The molecule has 0 radical (unpaired) electrons. The lowest BCUT2D eigenvalue weighted by molar-refractivity contribution is -0.137. The first kappa shape index (κ1) is 31.0. The van der Waals surface area contributed by atoms with Gasteiger partial charge in [0.1, 0.15) is 11.6 Å². The van der Waals surface area contributed by atoms with Gasteiger partial charge in [-0.1, -0.05) is 18.7 Å². The van der Waals surface area contributed by atoms with E-state index < -0.39 is 29.4 Å². The Balaban J connectivity index is 1.76. The minimum atomic E-state index is -4.77. The van der Waals surface area contributed by atoms with Crippen molar-refractivity contribution < 1.29 is 31.8 Å². The highest BCUT2D eigenvalue weighted by molar-refractivity contribution is 7.99. The van der Waals surface area contributed by atoms with Crippen molar-refractivity contribution in [2.24, 2.45) is 0 Å². The van der Waals surface area contributed by atoms with Crippen LogP contribution in [0.1, 0.15) is 19.4 Å². The highest BCUT2D eigenvalue weighted by Gasteiger charge is 2.39. The van der Waals surface area contributed by atoms with E-state index in [2.05, 4.69) is 11.6 Å². The lowest BCUT2D eigenvalue weighted by Gasteiger charge is -2.44. The second kappa shape index (κ2) is 12.3. The second-order valence-corrected chi connectivity index (χ2v) is 11.7. The molecule has 1 saturated heterocycles. The molecule has 2 aromatic carbocycles. The number of piperazine rings is 1. The molecule has 5 rings (SSSR count). The van der Waals surface area contributed by atoms with Crippen LogP contribution in [0.4, 0.5) is 23.4 Å². The van der Waals surface area contributed by atoms with Crippen LogP contribution in [0.5, 0.6) is 0 Å². The van der Waals surface area contributed by atoms with Crippen LogP contribution in [0.15, 0.2) is 52.7 Å². The Bertz CT molecular complexity index is 1580. The maximum Gasteiger partial charge on any atom is 0.417 e. The summed E-state index contributed by atoms with van der Waals surface area (Å²) in [6.45, 7) is 8.37. The van der Waals surface area contributed by atoms with Crippen LogP contribution in [0.25, 0.3) is 22.0 Å². The van der Waals surface area contributed by atoms with Crippen molar-refractivity contribution in [2.45, 2.75) is 49.7 Å². The number of carbonyl (C=O) groups excluding carboxylic acids is 1. The number of hydrogen-bond acceptors (Lipinski definition) is 7. The quantitative estimate of drug-likeness (QED) is 0.210. The Morgan fingerprint density at radius 2 is 1.81 bits per heavy atom. The molecule has 3 heterocycles. The summed E-state index contributed by atoms with van der Waals surface area (Å²) in [6.07, 6.45) is -4.05. The molecular formula is C30H32F4N4O4S. The molecule has 1 fully saturated rings. The lowest BCUT2D eigenvalue weighted by Crippen LogP contribution is -2.58. The summed E-state index contributed by atoms with van der Waals surface area (Å²) in [6, 6.07) is 5.24. The molecule has 0 aliphatic carbocycles. The van der Waals surface area contributed by atoms with Crippen molar-refractivity contribution in [3.05, 3.63) is 64.9 Å². The molecule has 3 atom stereocenters. The van der Waals surface area contributed by atoms with Crippen LogP contribution in [-0.4, -0.2) is 77.7 Å². The third-order valence-electron chi connectivity index (χ3n) is 7.73. The summed E-state index contributed by atoms with van der Waals surface area (Å²) in [4.78, 5) is 34.2. The van der Waals surface area contributed by atoms with Gasteiger partial charge in [-0.25, -0.2) is 9.18 Å². The minimum absolute atomic E-state index is 0.0783. The normalized spacial score (nSPS) is 20.8. The van der Waals surface area contributed by atoms with Gasteiger partial charge in [-0.3, -0.25) is 9.36 Å². The van der Waals surface area contributed by atoms with Crippen molar-refractivity contribution in [3.63, 3.8) is 0 Å². The highest BCUT2D eigenvalue weighted by Crippen LogP contribution is 2.48. The number of halogens is 4. The van der Waals surface area contributed by atoms with Crippen molar-refractivity contribution >= 4 is 34.4 Å². The number of anilines is 1. The Kier molecular flexibility index (Phi) is 8.87. The van der Waals surface area contributed by atoms with Gasteiger partial charge in [0.15, 0.2) is 0 Å². The maximum atomic E-state index is 14.8. The number of benzene rings is 2. The largest absolute Gasteiger partial charge is 0.417 e. The molecule has 13 heteroatoms. The van der Waals surface area contributed by atoms with E-state index in [0.29, 0.717) is 12.1 Å². The van der Waals surface area contributed by atoms with Gasteiger partial charge < -0.3 is 19.3 Å². The average molecular weight is 621 g/mol. The van der Waals surface area contributed by atoms with Crippen molar-refractivity contribution in [2.75, 3.05) is 44.1 Å². The molecule has 230 valence electrons. The van der Waals surface area contributed by atoms with Gasteiger partial charge in [0.25, 0.3) is 0 Å². The average Bonchev–Trinajstić information content (AvgIpc) is 3.15. The van der Waals surface area contributed by atoms with E-state index in [1.807, 2.05) is 13.8 Å². The van der Waals surface area contributed by atoms with Crippen LogP contribution >= 0.6 is 11.8 Å². The molecular weight excluding hydrogens is 588 g/mol. The first-order chi connectivity index (χ1) is 20.4. The molecule has 0 bridgehead atoms. The fraction of sp³-hybridized carbons (Fsp3) is 0.433. The number of methoxy groups -OCH3 is 1. The van der Waals surface area contributed by atoms with Gasteiger partial charge in [-0.2, -0.15) is 18.2 Å². The number of alkyl halides is 3. The standard InChI is InChI=1S/C30H32F4N4O4S/c1-5-24(39)38-17(2)13-36(14-18(38)3)28-22-12-23(30(32,33)34)25(19-6-8-20(31)9-7-19)27-26(22)37(29(40)35-28)15-21(16-43-27)42-11-10-41-4/h5-9,12,17-18,21H,1,10-11,13-16H2,2-4H3. The van der Waals surface area contributed by atoms with Crippen molar-refractivity contribution in [1.82, 2.24) is 14.5 Å². The van der Waals surface area contributed by atoms with Crippen LogP contribution in [0.2, 0.25) is 0 Å². The van der Waals surface area contributed by atoms with E-state index >= 15 is 0 Å². The summed E-state index contributed by atoms with van der Waals surface area (Å²) < 4.78 is 70.7. The topological polar surface area (TPSA) is 76.9 Å². The maximum absolute atomic E-state index is 14.8. The van der Waals surface area contributed by atoms with Gasteiger partial charge >= 0.3 is 11.9 Å². The molecule has 43 heavy (non-hydrogen) atoms.